The molecular formula is C43H26ClN. The summed E-state index contributed by atoms with van der Waals surface area (Å²) in [6.45, 7) is 0. The molecule has 2 heterocycles. The van der Waals surface area contributed by atoms with Gasteiger partial charge in [-0.15, -0.1) is 0 Å². The predicted octanol–water partition coefficient (Wildman–Crippen LogP) is 11.4. The standard InChI is InChI=1S/C43H26ClN/c44-31-21-19-27(20-22-31)28-25-35-33-16-8-10-18-39(33)45-38-17-9-7-15-32(38)34-23-24-36-41(42(34)45)40(35)37(26-28)43(36,29-11-3-1-4-12-29)30-13-5-2-6-14-30/h1-26H. The van der Waals surface area contributed by atoms with Gasteiger partial charge in [0.15, 0.2) is 0 Å². The molecule has 0 bridgehead atoms. The van der Waals surface area contributed by atoms with Gasteiger partial charge in [0, 0.05) is 26.9 Å². The lowest BCUT2D eigenvalue weighted by atomic mass is 9.67. The van der Waals surface area contributed by atoms with Crippen molar-refractivity contribution in [1.82, 2.24) is 4.57 Å². The fourth-order valence-corrected chi connectivity index (χ4v) is 8.43. The van der Waals surface area contributed by atoms with Gasteiger partial charge in [0.1, 0.15) is 0 Å². The van der Waals surface area contributed by atoms with Crippen LogP contribution in [0.5, 0.6) is 0 Å². The summed E-state index contributed by atoms with van der Waals surface area (Å²) in [5, 5.41) is 3.31. The summed E-state index contributed by atoms with van der Waals surface area (Å²) in [6, 6.07) is 57.9. The van der Waals surface area contributed by atoms with Gasteiger partial charge in [-0.1, -0.05) is 133 Å². The van der Waals surface area contributed by atoms with E-state index in [4.69, 9.17) is 11.6 Å². The van der Waals surface area contributed by atoms with Crippen molar-refractivity contribution in [3.63, 3.8) is 0 Å². The molecule has 1 aliphatic carbocycles. The Kier molecular flexibility index (Phi) is 5.04. The highest BCUT2D eigenvalue weighted by Gasteiger charge is 2.49. The van der Waals surface area contributed by atoms with Gasteiger partial charge >= 0.3 is 0 Å². The smallest absolute Gasteiger partial charge is 0.0714 e. The third-order valence-electron chi connectivity index (χ3n) is 10.1. The SMILES string of the molecule is Clc1ccc(-c2cc3c4c(c2)C(c2ccccc2)(c2ccccc2)c2ccc5c6ccccc6n(c5c2-4)-c2ccccc2-3)cc1. The van der Waals surface area contributed by atoms with Crippen LogP contribution in [0, 0.1) is 0 Å². The highest BCUT2D eigenvalue weighted by atomic mass is 35.5. The molecule has 1 aliphatic heterocycles. The number of halogens is 1. The van der Waals surface area contributed by atoms with E-state index in [2.05, 4.69) is 150 Å². The van der Waals surface area contributed by atoms with Crippen LogP contribution in [0.25, 0.3) is 60.9 Å². The first-order valence-electron chi connectivity index (χ1n) is 15.5. The molecular weight excluding hydrogens is 566 g/mol. The second-order valence-electron chi connectivity index (χ2n) is 12.2. The first-order chi connectivity index (χ1) is 22.2. The fourth-order valence-electron chi connectivity index (χ4n) is 8.31. The van der Waals surface area contributed by atoms with Gasteiger partial charge in [-0.25, -0.2) is 0 Å². The molecule has 1 aromatic heterocycles. The van der Waals surface area contributed by atoms with E-state index in [1.165, 1.54) is 77.6 Å². The summed E-state index contributed by atoms with van der Waals surface area (Å²) in [4.78, 5) is 0. The van der Waals surface area contributed by atoms with E-state index < -0.39 is 5.41 Å². The highest BCUT2D eigenvalue weighted by Crippen LogP contribution is 2.62. The summed E-state index contributed by atoms with van der Waals surface area (Å²) in [5.74, 6) is 0. The van der Waals surface area contributed by atoms with Crippen LogP contribution in [0.2, 0.25) is 5.02 Å². The summed E-state index contributed by atoms with van der Waals surface area (Å²) in [5.41, 5.74) is 15.9. The Balaban J connectivity index is 1.49. The molecule has 2 aliphatic rings. The van der Waals surface area contributed by atoms with E-state index in [1.807, 2.05) is 12.1 Å². The average Bonchev–Trinajstić information content (AvgIpc) is 3.55. The molecule has 2 heteroatoms. The Morgan fingerprint density at radius 3 is 1.89 bits per heavy atom. The monoisotopic (exact) mass is 591 g/mol. The van der Waals surface area contributed by atoms with Gasteiger partial charge in [0.25, 0.3) is 0 Å². The number of hydrogen-bond acceptors (Lipinski definition) is 0. The lowest BCUT2D eigenvalue weighted by Crippen LogP contribution is -2.28. The number of nitrogens with zero attached hydrogens (tertiary/aromatic N) is 1. The van der Waals surface area contributed by atoms with Gasteiger partial charge in [-0.3, -0.25) is 0 Å². The van der Waals surface area contributed by atoms with E-state index in [9.17, 15) is 0 Å². The van der Waals surface area contributed by atoms with Gasteiger partial charge < -0.3 is 4.57 Å². The number of benzene rings is 7. The largest absolute Gasteiger partial charge is 0.308 e. The predicted molar refractivity (Wildman–Crippen MR) is 188 cm³/mol. The summed E-state index contributed by atoms with van der Waals surface area (Å²) in [7, 11) is 0. The Hall–Kier alpha value is -5.37. The van der Waals surface area contributed by atoms with Crippen LogP contribution in [-0.2, 0) is 5.41 Å². The van der Waals surface area contributed by atoms with Gasteiger partial charge in [0.05, 0.1) is 22.1 Å². The Morgan fingerprint density at radius 1 is 0.467 bits per heavy atom. The molecule has 0 spiro atoms. The molecule has 10 rings (SSSR count). The molecule has 0 saturated heterocycles. The number of rotatable bonds is 3. The first kappa shape index (κ1) is 25.0. The maximum Gasteiger partial charge on any atom is 0.0714 e. The van der Waals surface area contributed by atoms with Crippen LogP contribution in [0.15, 0.2) is 158 Å². The molecule has 210 valence electrons. The number of aromatic nitrogens is 1. The Morgan fingerprint density at radius 2 is 1.13 bits per heavy atom. The molecule has 0 radical (unpaired) electrons. The van der Waals surface area contributed by atoms with Crippen molar-refractivity contribution < 1.29 is 0 Å². The van der Waals surface area contributed by atoms with Crippen molar-refractivity contribution >= 4 is 33.4 Å². The minimum Gasteiger partial charge on any atom is -0.308 e. The van der Waals surface area contributed by atoms with Gasteiger partial charge in [-0.2, -0.15) is 0 Å². The van der Waals surface area contributed by atoms with Crippen molar-refractivity contribution in [2.24, 2.45) is 0 Å². The minimum atomic E-state index is -0.508. The highest BCUT2D eigenvalue weighted by molar-refractivity contribution is 6.30. The van der Waals surface area contributed by atoms with Crippen molar-refractivity contribution in [3.05, 3.63) is 185 Å². The molecule has 0 saturated carbocycles. The van der Waals surface area contributed by atoms with E-state index in [0.29, 0.717) is 0 Å². The van der Waals surface area contributed by atoms with Crippen LogP contribution in [0.3, 0.4) is 0 Å². The molecule has 0 atom stereocenters. The Labute approximate surface area is 266 Å². The molecule has 1 nitrogen and oxygen atoms in total. The summed E-state index contributed by atoms with van der Waals surface area (Å²) in [6.07, 6.45) is 0. The number of para-hydroxylation sites is 2. The van der Waals surface area contributed by atoms with Crippen LogP contribution in [0.1, 0.15) is 22.3 Å². The zero-order valence-electron chi connectivity index (χ0n) is 24.3. The summed E-state index contributed by atoms with van der Waals surface area (Å²) >= 11 is 6.39. The van der Waals surface area contributed by atoms with Crippen LogP contribution >= 0.6 is 11.6 Å². The second-order valence-corrected chi connectivity index (χ2v) is 12.6. The summed E-state index contributed by atoms with van der Waals surface area (Å²) < 4.78 is 2.52. The van der Waals surface area contributed by atoms with Crippen molar-refractivity contribution in [2.45, 2.75) is 5.41 Å². The lowest BCUT2D eigenvalue weighted by Gasteiger charge is -2.34. The third-order valence-corrected chi connectivity index (χ3v) is 10.3. The molecule has 8 aromatic rings. The number of hydrogen-bond donors (Lipinski definition) is 0. The maximum atomic E-state index is 6.39. The van der Waals surface area contributed by atoms with Crippen molar-refractivity contribution in [3.8, 4) is 39.1 Å². The van der Waals surface area contributed by atoms with E-state index in [-0.39, 0.29) is 0 Å². The van der Waals surface area contributed by atoms with Crippen LogP contribution in [-0.4, -0.2) is 4.57 Å². The second kappa shape index (κ2) is 9.08. The normalized spacial score (nSPS) is 13.6. The first-order valence-corrected chi connectivity index (χ1v) is 15.9. The average molecular weight is 592 g/mol. The van der Waals surface area contributed by atoms with Crippen molar-refractivity contribution in [2.75, 3.05) is 0 Å². The Bertz CT molecular complexity index is 2430. The zero-order valence-corrected chi connectivity index (χ0v) is 25.1. The topological polar surface area (TPSA) is 4.93 Å². The van der Waals surface area contributed by atoms with E-state index in [0.717, 1.165) is 10.6 Å². The van der Waals surface area contributed by atoms with Crippen LogP contribution in [0.4, 0.5) is 0 Å². The van der Waals surface area contributed by atoms with Crippen LogP contribution < -0.4 is 0 Å². The fraction of sp³-hybridized carbons (Fsp3) is 0.0233. The van der Waals surface area contributed by atoms with E-state index in [1.54, 1.807) is 0 Å². The van der Waals surface area contributed by atoms with Gasteiger partial charge in [-0.05, 0) is 80.9 Å². The maximum absolute atomic E-state index is 6.39. The lowest BCUT2D eigenvalue weighted by molar-refractivity contribution is 0.769. The molecule has 0 fully saturated rings. The number of fused-ring (bicyclic) bond motifs is 6. The molecule has 7 aromatic carbocycles. The zero-order chi connectivity index (χ0) is 29.7. The third kappa shape index (κ3) is 3.18. The molecule has 0 unspecified atom stereocenters. The quantitative estimate of drug-likeness (QED) is 0.192. The minimum absolute atomic E-state index is 0.508. The van der Waals surface area contributed by atoms with E-state index >= 15 is 0 Å². The van der Waals surface area contributed by atoms with Gasteiger partial charge in [0.2, 0.25) is 0 Å². The molecule has 0 N–H and O–H groups in total. The molecule has 45 heavy (non-hydrogen) atoms. The molecule has 0 amide bonds. The van der Waals surface area contributed by atoms with Crippen molar-refractivity contribution in [1.29, 1.82) is 0 Å².